The number of hydrogen-bond acceptors (Lipinski definition) is 4. The molecular weight excluding hydrogens is 350 g/mol. The number of amides is 1. The van der Waals surface area contributed by atoms with Gasteiger partial charge in [-0.2, -0.15) is 5.10 Å². The number of nitrogens with one attached hydrogen (secondary N) is 2. The molecule has 1 aromatic heterocycles. The third-order valence-corrected chi connectivity index (χ3v) is 5.12. The Balaban J connectivity index is 1.39. The molecule has 1 aliphatic rings. The highest BCUT2D eigenvalue weighted by Gasteiger charge is 2.26. The molecule has 0 aliphatic carbocycles. The summed E-state index contributed by atoms with van der Waals surface area (Å²) < 4.78 is 0. The van der Waals surface area contributed by atoms with E-state index in [1.165, 1.54) is 0 Å². The van der Waals surface area contributed by atoms with Gasteiger partial charge >= 0.3 is 0 Å². The van der Waals surface area contributed by atoms with Crippen LogP contribution in [0.4, 0.5) is 11.5 Å². The molecule has 1 fully saturated rings. The number of anilines is 2. The van der Waals surface area contributed by atoms with Crippen molar-refractivity contribution < 1.29 is 4.79 Å². The van der Waals surface area contributed by atoms with Crippen molar-refractivity contribution in [2.75, 3.05) is 37.0 Å². The summed E-state index contributed by atoms with van der Waals surface area (Å²) in [5, 5.41) is 10.7. The lowest BCUT2D eigenvalue weighted by Crippen LogP contribution is -2.37. The molecule has 0 radical (unpaired) electrons. The summed E-state index contributed by atoms with van der Waals surface area (Å²) in [6.07, 6.45) is 0.909. The summed E-state index contributed by atoms with van der Waals surface area (Å²) in [5.74, 6) is 0.896. The molecule has 1 aliphatic heterocycles. The van der Waals surface area contributed by atoms with E-state index in [4.69, 9.17) is 0 Å². The average molecular weight is 375 g/mol. The molecule has 0 saturated carbocycles. The van der Waals surface area contributed by atoms with Gasteiger partial charge in [0.05, 0.1) is 5.69 Å². The number of rotatable bonds is 5. The van der Waals surface area contributed by atoms with Crippen LogP contribution in [-0.4, -0.2) is 49.3 Å². The van der Waals surface area contributed by atoms with Gasteiger partial charge in [-0.15, -0.1) is 0 Å². The fourth-order valence-corrected chi connectivity index (χ4v) is 3.52. The third-order valence-electron chi connectivity index (χ3n) is 5.12. The largest absolute Gasteiger partial charge is 0.378 e. The lowest BCUT2D eigenvalue weighted by atomic mass is 10.1. The van der Waals surface area contributed by atoms with Crippen molar-refractivity contribution >= 4 is 17.4 Å². The Bertz CT molecular complexity index is 950. The molecular formula is C22H25N5O. The molecule has 2 heterocycles. The van der Waals surface area contributed by atoms with E-state index >= 15 is 0 Å². The fraction of sp³-hybridized carbons (Fsp3) is 0.273. The maximum Gasteiger partial charge on any atom is 0.251 e. The molecule has 28 heavy (non-hydrogen) atoms. The average Bonchev–Trinajstić information content (AvgIpc) is 3.38. The molecule has 2 aromatic carbocycles. The van der Waals surface area contributed by atoms with Crippen LogP contribution in [-0.2, 0) is 0 Å². The zero-order chi connectivity index (χ0) is 19.5. The van der Waals surface area contributed by atoms with Crippen LogP contribution in [0.25, 0.3) is 11.3 Å². The molecule has 6 heteroatoms. The summed E-state index contributed by atoms with van der Waals surface area (Å²) in [6.45, 7) is 1.64. The van der Waals surface area contributed by atoms with Gasteiger partial charge in [0.25, 0.3) is 5.91 Å². The Hall–Kier alpha value is -3.28. The van der Waals surface area contributed by atoms with Gasteiger partial charge in [-0.1, -0.05) is 36.4 Å². The van der Waals surface area contributed by atoms with E-state index in [1.807, 2.05) is 61.5 Å². The van der Waals surface area contributed by atoms with E-state index in [1.54, 1.807) is 0 Å². The SMILES string of the molecule is CN(C)c1cccc(C(=O)N[C@H]2CCN(c3cc(-c4ccccc4)[nH]n3)C2)c1. The van der Waals surface area contributed by atoms with Crippen LogP contribution in [0.2, 0.25) is 0 Å². The standard InChI is InChI=1S/C22H25N5O/c1-26(2)19-10-6-9-17(13-19)22(28)23-18-11-12-27(15-18)21-14-20(24-25-21)16-7-4-3-5-8-16/h3-10,13-14,18H,11-12,15H2,1-2H3,(H,23,28)(H,24,25)/t18-/m0/s1. The van der Waals surface area contributed by atoms with E-state index in [0.29, 0.717) is 5.56 Å². The van der Waals surface area contributed by atoms with Crippen molar-refractivity contribution in [3.05, 3.63) is 66.2 Å². The first-order chi connectivity index (χ1) is 13.6. The molecule has 3 aromatic rings. The smallest absolute Gasteiger partial charge is 0.251 e. The molecule has 1 atom stereocenters. The maximum absolute atomic E-state index is 12.6. The van der Waals surface area contributed by atoms with Crippen molar-refractivity contribution in [1.82, 2.24) is 15.5 Å². The molecule has 2 N–H and O–H groups in total. The van der Waals surface area contributed by atoms with Crippen molar-refractivity contribution in [1.29, 1.82) is 0 Å². The number of nitrogens with zero attached hydrogens (tertiary/aromatic N) is 3. The van der Waals surface area contributed by atoms with E-state index in [9.17, 15) is 4.79 Å². The van der Waals surface area contributed by atoms with Gasteiger partial charge in [0.1, 0.15) is 0 Å². The summed E-state index contributed by atoms with van der Waals surface area (Å²) in [4.78, 5) is 16.8. The van der Waals surface area contributed by atoms with Gasteiger partial charge in [0, 0.05) is 50.5 Å². The summed E-state index contributed by atoms with van der Waals surface area (Å²) in [7, 11) is 3.94. The third kappa shape index (κ3) is 3.86. The second kappa shape index (κ2) is 7.76. The predicted octanol–water partition coefficient (Wildman–Crippen LogP) is 3.15. The van der Waals surface area contributed by atoms with E-state index in [2.05, 4.69) is 38.6 Å². The molecule has 144 valence electrons. The van der Waals surface area contributed by atoms with Gasteiger partial charge in [-0.3, -0.25) is 9.89 Å². The number of carbonyl (C=O) groups excluding carboxylic acids is 1. The number of H-pyrrole nitrogens is 1. The first kappa shape index (κ1) is 18.1. The molecule has 0 bridgehead atoms. The Kier molecular flexibility index (Phi) is 5.02. The molecule has 4 rings (SSSR count). The minimum absolute atomic E-state index is 0.0254. The number of hydrogen-bond donors (Lipinski definition) is 2. The topological polar surface area (TPSA) is 64.3 Å². The van der Waals surface area contributed by atoms with Crippen molar-refractivity contribution in [2.24, 2.45) is 0 Å². The van der Waals surface area contributed by atoms with E-state index in [-0.39, 0.29) is 11.9 Å². The zero-order valence-electron chi connectivity index (χ0n) is 16.2. The van der Waals surface area contributed by atoms with Crippen molar-refractivity contribution in [2.45, 2.75) is 12.5 Å². The van der Waals surface area contributed by atoms with Crippen molar-refractivity contribution in [3.63, 3.8) is 0 Å². The normalized spacial score (nSPS) is 16.2. The quantitative estimate of drug-likeness (QED) is 0.719. The van der Waals surface area contributed by atoms with Crippen molar-refractivity contribution in [3.8, 4) is 11.3 Å². The van der Waals surface area contributed by atoms with Crippen LogP contribution >= 0.6 is 0 Å². The minimum Gasteiger partial charge on any atom is -0.378 e. The molecule has 6 nitrogen and oxygen atoms in total. The molecule has 1 saturated heterocycles. The molecule has 0 unspecified atom stereocenters. The lowest BCUT2D eigenvalue weighted by molar-refractivity contribution is 0.0940. The zero-order valence-corrected chi connectivity index (χ0v) is 16.2. The van der Waals surface area contributed by atoms with Crippen LogP contribution in [0.1, 0.15) is 16.8 Å². The van der Waals surface area contributed by atoms with Gasteiger partial charge in [0.15, 0.2) is 5.82 Å². The Labute approximate surface area is 165 Å². The van der Waals surface area contributed by atoms with Gasteiger partial charge in [-0.25, -0.2) is 0 Å². The highest BCUT2D eigenvalue weighted by Crippen LogP contribution is 2.24. The van der Waals surface area contributed by atoms with E-state index in [0.717, 1.165) is 42.3 Å². The molecule has 1 amide bonds. The Morgan fingerprint density at radius 1 is 1.14 bits per heavy atom. The maximum atomic E-state index is 12.6. The van der Waals surface area contributed by atoms with Gasteiger partial charge in [-0.05, 0) is 30.2 Å². The Morgan fingerprint density at radius 3 is 2.75 bits per heavy atom. The predicted molar refractivity (Wildman–Crippen MR) is 113 cm³/mol. The summed E-state index contributed by atoms with van der Waals surface area (Å²) >= 11 is 0. The minimum atomic E-state index is -0.0254. The number of aromatic nitrogens is 2. The summed E-state index contributed by atoms with van der Waals surface area (Å²) in [6, 6.07) is 20.0. The Morgan fingerprint density at radius 2 is 1.96 bits per heavy atom. The number of carbonyl (C=O) groups is 1. The highest BCUT2D eigenvalue weighted by molar-refractivity contribution is 5.95. The number of benzene rings is 2. The van der Waals surface area contributed by atoms with Crippen LogP contribution in [0.15, 0.2) is 60.7 Å². The highest BCUT2D eigenvalue weighted by atomic mass is 16.1. The van der Waals surface area contributed by atoms with Crippen LogP contribution in [0, 0.1) is 0 Å². The first-order valence-corrected chi connectivity index (χ1v) is 9.54. The van der Waals surface area contributed by atoms with E-state index < -0.39 is 0 Å². The number of aromatic amines is 1. The van der Waals surface area contributed by atoms with Gasteiger partial charge in [0.2, 0.25) is 0 Å². The first-order valence-electron chi connectivity index (χ1n) is 9.54. The van der Waals surface area contributed by atoms with Crippen LogP contribution in [0.3, 0.4) is 0 Å². The van der Waals surface area contributed by atoms with Crippen LogP contribution < -0.4 is 15.1 Å². The summed E-state index contributed by atoms with van der Waals surface area (Å²) in [5.41, 5.74) is 3.83. The lowest BCUT2D eigenvalue weighted by Gasteiger charge is -2.17. The van der Waals surface area contributed by atoms with Gasteiger partial charge < -0.3 is 15.1 Å². The molecule has 0 spiro atoms. The fourth-order valence-electron chi connectivity index (χ4n) is 3.52. The monoisotopic (exact) mass is 375 g/mol. The second-order valence-electron chi connectivity index (χ2n) is 7.36. The van der Waals surface area contributed by atoms with Crippen LogP contribution in [0.5, 0.6) is 0 Å². The second-order valence-corrected chi connectivity index (χ2v) is 7.36.